The predicted molar refractivity (Wildman–Crippen MR) is 104 cm³/mol. The number of nitrogens with zero attached hydrogens (tertiary/aromatic N) is 1. The molecule has 1 heterocycles. The van der Waals surface area contributed by atoms with E-state index in [-0.39, 0.29) is 11.8 Å². The maximum Gasteiger partial charge on any atom is 0.254 e. The lowest BCUT2D eigenvalue weighted by Crippen LogP contribution is -2.40. The maximum atomic E-state index is 12.7. The second kappa shape index (κ2) is 7.86. The third kappa shape index (κ3) is 4.04. The summed E-state index contributed by atoms with van der Waals surface area (Å²) in [6, 6.07) is 14.0. The fourth-order valence-electron chi connectivity index (χ4n) is 3.65. The van der Waals surface area contributed by atoms with Crippen molar-refractivity contribution in [2.24, 2.45) is 5.92 Å². The molecule has 3 heteroatoms. The normalized spacial score (nSPS) is 15.1. The topological polar surface area (TPSA) is 37.4 Å². The highest BCUT2D eigenvalue weighted by Gasteiger charge is 2.28. The van der Waals surface area contributed by atoms with Crippen LogP contribution in [-0.4, -0.2) is 29.7 Å². The zero-order chi connectivity index (χ0) is 18.7. The number of benzene rings is 2. The molecule has 1 fully saturated rings. The van der Waals surface area contributed by atoms with Crippen molar-refractivity contribution in [1.82, 2.24) is 4.90 Å². The smallest absolute Gasteiger partial charge is 0.254 e. The van der Waals surface area contributed by atoms with Gasteiger partial charge in [0.05, 0.1) is 0 Å². The number of piperidine rings is 1. The SMILES string of the molecule is Cc1ccc(CC(=O)C2CCN(C(=O)c3ccccc3C)CC2)cc1C. The van der Waals surface area contributed by atoms with Gasteiger partial charge in [-0.3, -0.25) is 9.59 Å². The molecule has 136 valence electrons. The molecule has 0 aliphatic carbocycles. The number of aryl methyl sites for hydroxylation is 3. The van der Waals surface area contributed by atoms with Crippen molar-refractivity contribution >= 4 is 11.7 Å². The van der Waals surface area contributed by atoms with Gasteiger partial charge in [0, 0.05) is 31.0 Å². The van der Waals surface area contributed by atoms with Gasteiger partial charge in [-0.25, -0.2) is 0 Å². The number of carbonyl (C=O) groups is 2. The number of likely N-dealkylation sites (tertiary alicyclic amines) is 1. The lowest BCUT2D eigenvalue weighted by atomic mass is 9.88. The third-order valence-corrected chi connectivity index (χ3v) is 5.56. The van der Waals surface area contributed by atoms with E-state index in [4.69, 9.17) is 0 Å². The average Bonchev–Trinajstić information content (AvgIpc) is 2.65. The van der Waals surface area contributed by atoms with Gasteiger partial charge in [-0.1, -0.05) is 36.4 Å². The second-order valence-corrected chi connectivity index (χ2v) is 7.44. The molecule has 1 saturated heterocycles. The molecule has 2 aromatic carbocycles. The zero-order valence-electron chi connectivity index (χ0n) is 15.9. The van der Waals surface area contributed by atoms with Crippen LogP contribution in [0.15, 0.2) is 42.5 Å². The lowest BCUT2D eigenvalue weighted by molar-refractivity contribution is -0.123. The summed E-state index contributed by atoms with van der Waals surface area (Å²) in [4.78, 5) is 27.3. The number of amides is 1. The lowest BCUT2D eigenvalue weighted by Gasteiger charge is -2.31. The number of hydrogen-bond donors (Lipinski definition) is 0. The van der Waals surface area contributed by atoms with Crippen molar-refractivity contribution in [2.75, 3.05) is 13.1 Å². The first-order chi connectivity index (χ1) is 12.5. The molecule has 3 rings (SSSR count). The first-order valence-electron chi connectivity index (χ1n) is 9.39. The van der Waals surface area contributed by atoms with Gasteiger partial charge in [-0.15, -0.1) is 0 Å². The van der Waals surface area contributed by atoms with Crippen LogP contribution in [0.5, 0.6) is 0 Å². The Hall–Kier alpha value is -2.42. The van der Waals surface area contributed by atoms with Crippen molar-refractivity contribution in [3.8, 4) is 0 Å². The van der Waals surface area contributed by atoms with Gasteiger partial charge in [0.2, 0.25) is 0 Å². The van der Waals surface area contributed by atoms with Crippen LogP contribution in [0, 0.1) is 26.7 Å². The van der Waals surface area contributed by atoms with Crippen LogP contribution in [0.4, 0.5) is 0 Å². The van der Waals surface area contributed by atoms with Crippen molar-refractivity contribution in [3.63, 3.8) is 0 Å². The highest BCUT2D eigenvalue weighted by Crippen LogP contribution is 2.23. The minimum absolute atomic E-state index is 0.0672. The Bertz CT molecular complexity index is 817. The van der Waals surface area contributed by atoms with Crippen molar-refractivity contribution in [3.05, 3.63) is 70.3 Å². The molecule has 3 nitrogen and oxygen atoms in total. The number of carbonyl (C=O) groups excluding carboxylic acids is 2. The van der Waals surface area contributed by atoms with Gasteiger partial charge in [0.1, 0.15) is 5.78 Å². The van der Waals surface area contributed by atoms with E-state index >= 15 is 0 Å². The van der Waals surface area contributed by atoms with E-state index in [1.165, 1.54) is 11.1 Å². The summed E-state index contributed by atoms with van der Waals surface area (Å²) in [5, 5.41) is 0. The summed E-state index contributed by atoms with van der Waals surface area (Å²) >= 11 is 0. The van der Waals surface area contributed by atoms with Crippen LogP contribution in [0.25, 0.3) is 0 Å². The average molecular weight is 349 g/mol. The van der Waals surface area contributed by atoms with E-state index in [0.717, 1.165) is 29.5 Å². The van der Waals surface area contributed by atoms with Gasteiger partial charge in [0.15, 0.2) is 0 Å². The molecular formula is C23H27NO2. The molecule has 0 unspecified atom stereocenters. The molecule has 0 aromatic heterocycles. The molecule has 0 atom stereocenters. The largest absolute Gasteiger partial charge is 0.339 e. The minimum atomic E-state index is 0.0672. The van der Waals surface area contributed by atoms with Crippen molar-refractivity contribution in [2.45, 2.75) is 40.0 Å². The zero-order valence-corrected chi connectivity index (χ0v) is 15.9. The van der Waals surface area contributed by atoms with Gasteiger partial charge in [-0.2, -0.15) is 0 Å². The quantitative estimate of drug-likeness (QED) is 0.826. The third-order valence-electron chi connectivity index (χ3n) is 5.56. The Kier molecular flexibility index (Phi) is 5.55. The summed E-state index contributed by atoms with van der Waals surface area (Å²) in [5.74, 6) is 0.455. The maximum absolute atomic E-state index is 12.7. The van der Waals surface area contributed by atoms with E-state index in [1.807, 2.05) is 36.1 Å². The van der Waals surface area contributed by atoms with Crippen LogP contribution >= 0.6 is 0 Å². The molecule has 26 heavy (non-hydrogen) atoms. The fraction of sp³-hybridized carbons (Fsp3) is 0.391. The molecule has 1 amide bonds. The minimum Gasteiger partial charge on any atom is -0.339 e. The van der Waals surface area contributed by atoms with E-state index in [9.17, 15) is 9.59 Å². The van der Waals surface area contributed by atoms with E-state index in [1.54, 1.807) is 0 Å². The Labute approximate surface area is 156 Å². The van der Waals surface area contributed by atoms with Crippen LogP contribution in [0.3, 0.4) is 0 Å². The van der Waals surface area contributed by atoms with Crippen molar-refractivity contribution < 1.29 is 9.59 Å². The molecule has 0 bridgehead atoms. The van der Waals surface area contributed by atoms with E-state index < -0.39 is 0 Å². The molecule has 1 aliphatic rings. The van der Waals surface area contributed by atoms with Gasteiger partial charge < -0.3 is 4.90 Å². The molecule has 0 radical (unpaired) electrons. The fourth-order valence-corrected chi connectivity index (χ4v) is 3.65. The van der Waals surface area contributed by atoms with E-state index in [2.05, 4.69) is 32.0 Å². The highest BCUT2D eigenvalue weighted by molar-refractivity contribution is 5.95. The monoisotopic (exact) mass is 349 g/mol. The van der Waals surface area contributed by atoms with Crippen LogP contribution in [0.2, 0.25) is 0 Å². The van der Waals surface area contributed by atoms with Crippen LogP contribution in [0.1, 0.15) is 45.5 Å². The molecular weight excluding hydrogens is 322 g/mol. The summed E-state index contributed by atoms with van der Waals surface area (Å²) in [6.07, 6.45) is 2.03. The highest BCUT2D eigenvalue weighted by atomic mass is 16.2. The predicted octanol–water partition coefficient (Wildman–Crippen LogP) is 4.28. The summed E-state index contributed by atoms with van der Waals surface area (Å²) in [6.45, 7) is 7.46. The Morgan fingerprint density at radius 3 is 2.27 bits per heavy atom. The Morgan fingerprint density at radius 2 is 1.62 bits per heavy atom. The number of ketones is 1. The van der Waals surface area contributed by atoms with Crippen molar-refractivity contribution in [1.29, 1.82) is 0 Å². The summed E-state index contributed by atoms with van der Waals surface area (Å²) in [7, 11) is 0. The summed E-state index contributed by atoms with van der Waals surface area (Å²) < 4.78 is 0. The van der Waals surface area contributed by atoms with E-state index in [0.29, 0.717) is 25.3 Å². The van der Waals surface area contributed by atoms with Gasteiger partial charge in [-0.05, 0) is 61.9 Å². The first-order valence-corrected chi connectivity index (χ1v) is 9.39. The standard InChI is InChI=1S/C23H27NO2/c1-16-8-9-19(14-18(16)3)15-22(25)20-10-12-24(13-11-20)23(26)21-7-5-4-6-17(21)2/h4-9,14,20H,10-13,15H2,1-3H3. The molecule has 0 N–H and O–H groups in total. The van der Waals surface area contributed by atoms with Crippen LogP contribution in [-0.2, 0) is 11.2 Å². The molecule has 0 spiro atoms. The number of rotatable bonds is 4. The first kappa shape index (κ1) is 18.4. The molecule has 1 aliphatic heterocycles. The molecule has 0 saturated carbocycles. The molecule has 2 aromatic rings. The Balaban J connectivity index is 1.57. The van der Waals surface area contributed by atoms with Gasteiger partial charge >= 0.3 is 0 Å². The summed E-state index contributed by atoms with van der Waals surface area (Å²) in [5.41, 5.74) is 5.35. The van der Waals surface area contributed by atoms with Crippen LogP contribution < -0.4 is 0 Å². The second-order valence-electron chi connectivity index (χ2n) is 7.44. The number of hydrogen-bond acceptors (Lipinski definition) is 2. The number of Topliss-reactive ketones (excluding diaryl/α,β-unsaturated/α-hetero) is 1. The van der Waals surface area contributed by atoms with Gasteiger partial charge in [0.25, 0.3) is 5.91 Å². The Morgan fingerprint density at radius 1 is 0.923 bits per heavy atom.